The van der Waals surface area contributed by atoms with Crippen LogP contribution >= 0.6 is 0 Å². The minimum atomic E-state index is -1.02. The summed E-state index contributed by atoms with van der Waals surface area (Å²) < 4.78 is 37.3. The molecule has 2 aromatic rings. The number of hydrogen-bond acceptors (Lipinski definition) is 5. The Kier molecular flexibility index (Phi) is 3.36. The fourth-order valence-electron chi connectivity index (χ4n) is 2.41. The lowest BCUT2D eigenvalue weighted by Gasteiger charge is -2.30. The number of halogens is 2. The molecule has 3 rings (SSSR count). The van der Waals surface area contributed by atoms with Crippen molar-refractivity contribution in [1.29, 1.82) is 0 Å². The molecule has 0 spiro atoms. The lowest BCUT2D eigenvalue weighted by Crippen LogP contribution is -2.31. The summed E-state index contributed by atoms with van der Waals surface area (Å²) in [5.74, 6) is -1.59. The Morgan fingerprint density at radius 3 is 2.71 bits per heavy atom. The summed E-state index contributed by atoms with van der Waals surface area (Å²) in [4.78, 5) is 4.24. The number of benzene rings is 1. The molecule has 1 aliphatic rings. The Balaban J connectivity index is 1.97. The molecule has 0 bridgehead atoms. The van der Waals surface area contributed by atoms with Gasteiger partial charge in [-0.25, -0.2) is 8.78 Å². The first kappa shape index (κ1) is 13.9. The fourth-order valence-corrected chi connectivity index (χ4v) is 2.41. The predicted molar refractivity (Wildman–Crippen MR) is 71.2 cm³/mol. The first-order valence-electron chi connectivity index (χ1n) is 6.73. The third-order valence-electron chi connectivity index (χ3n) is 3.69. The Labute approximate surface area is 120 Å². The topological polar surface area (TPSA) is 74.2 Å². The van der Waals surface area contributed by atoms with E-state index in [0.717, 1.165) is 31.4 Å². The number of aromatic nitrogens is 2. The van der Waals surface area contributed by atoms with Gasteiger partial charge in [-0.2, -0.15) is 4.98 Å². The van der Waals surface area contributed by atoms with Gasteiger partial charge in [0.1, 0.15) is 5.60 Å². The molecule has 2 heterocycles. The van der Waals surface area contributed by atoms with Crippen molar-refractivity contribution >= 4 is 5.69 Å². The number of nitrogens with zero attached hydrogens (tertiary/aromatic N) is 2. The molecule has 1 aromatic heterocycles. The van der Waals surface area contributed by atoms with Crippen molar-refractivity contribution in [3.63, 3.8) is 0 Å². The van der Waals surface area contributed by atoms with Gasteiger partial charge in [0.25, 0.3) is 5.89 Å². The Bertz CT molecular complexity index is 666. The molecule has 21 heavy (non-hydrogen) atoms. The second kappa shape index (κ2) is 5.07. The molecule has 1 atom stereocenters. The molecule has 0 radical (unpaired) electrons. The van der Waals surface area contributed by atoms with Crippen LogP contribution in [-0.2, 0) is 10.3 Å². The minimum absolute atomic E-state index is 0.0406. The van der Waals surface area contributed by atoms with Gasteiger partial charge >= 0.3 is 0 Å². The molecule has 2 N–H and O–H groups in total. The van der Waals surface area contributed by atoms with Crippen LogP contribution in [-0.4, -0.2) is 16.7 Å². The number of nitrogen functional groups attached to an aromatic ring is 1. The van der Waals surface area contributed by atoms with Gasteiger partial charge in [0.05, 0.1) is 5.56 Å². The van der Waals surface area contributed by atoms with Crippen molar-refractivity contribution in [1.82, 2.24) is 10.1 Å². The van der Waals surface area contributed by atoms with E-state index in [1.807, 2.05) is 6.92 Å². The van der Waals surface area contributed by atoms with E-state index < -0.39 is 17.2 Å². The highest BCUT2D eigenvalue weighted by Crippen LogP contribution is 2.35. The molecular formula is C14H15F2N3O2. The summed E-state index contributed by atoms with van der Waals surface area (Å²) in [6.07, 6.45) is 2.78. The van der Waals surface area contributed by atoms with E-state index in [0.29, 0.717) is 12.4 Å². The molecular weight excluding hydrogens is 280 g/mol. The number of hydrogen-bond donors (Lipinski definition) is 1. The van der Waals surface area contributed by atoms with E-state index >= 15 is 0 Å². The van der Waals surface area contributed by atoms with Crippen molar-refractivity contribution in [3.8, 4) is 11.5 Å². The van der Waals surface area contributed by atoms with E-state index in [1.165, 1.54) is 0 Å². The quantitative estimate of drug-likeness (QED) is 0.862. The molecule has 112 valence electrons. The van der Waals surface area contributed by atoms with E-state index in [-0.39, 0.29) is 17.1 Å². The normalized spacial score (nSPS) is 22.4. The standard InChI is InChI=1S/C14H15F2N3O2/c1-14(4-2-3-5-20-14)13-18-12(21-19-13)8-6-9(15)10(16)7-11(8)17/h6-7H,2-5,17H2,1H3. The highest BCUT2D eigenvalue weighted by atomic mass is 19.2. The molecule has 0 saturated carbocycles. The Hall–Kier alpha value is -2.02. The summed E-state index contributed by atoms with van der Waals surface area (Å²) in [5, 5.41) is 3.90. The predicted octanol–water partition coefficient (Wildman–Crippen LogP) is 3.01. The Morgan fingerprint density at radius 2 is 2.00 bits per heavy atom. The summed E-state index contributed by atoms with van der Waals surface area (Å²) in [5.41, 5.74) is 5.27. The maximum Gasteiger partial charge on any atom is 0.260 e. The number of ether oxygens (including phenoxy) is 1. The number of anilines is 1. The van der Waals surface area contributed by atoms with E-state index in [4.69, 9.17) is 15.0 Å². The average Bonchev–Trinajstić information content (AvgIpc) is 2.94. The molecule has 0 aliphatic carbocycles. The first-order chi connectivity index (χ1) is 9.99. The molecule has 1 saturated heterocycles. The van der Waals surface area contributed by atoms with Crippen LogP contribution in [0.1, 0.15) is 32.0 Å². The maximum absolute atomic E-state index is 13.3. The van der Waals surface area contributed by atoms with Gasteiger partial charge < -0.3 is 15.0 Å². The van der Waals surface area contributed by atoms with Crippen LogP contribution in [0.25, 0.3) is 11.5 Å². The van der Waals surface area contributed by atoms with Gasteiger partial charge in [-0.1, -0.05) is 5.16 Å². The second-order valence-corrected chi connectivity index (χ2v) is 5.31. The largest absolute Gasteiger partial charge is 0.398 e. The fraction of sp³-hybridized carbons (Fsp3) is 0.429. The highest BCUT2D eigenvalue weighted by Gasteiger charge is 2.35. The third-order valence-corrected chi connectivity index (χ3v) is 3.69. The van der Waals surface area contributed by atoms with Crippen molar-refractivity contribution in [3.05, 3.63) is 29.6 Å². The molecule has 0 amide bonds. The van der Waals surface area contributed by atoms with E-state index in [9.17, 15) is 8.78 Å². The SMILES string of the molecule is CC1(c2noc(-c3cc(F)c(F)cc3N)n2)CCCCO1. The smallest absolute Gasteiger partial charge is 0.260 e. The Morgan fingerprint density at radius 1 is 1.24 bits per heavy atom. The average molecular weight is 295 g/mol. The van der Waals surface area contributed by atoms with E-state index in [1.54, 1.807) is 0 Å². The van der Waals surface area contributed by atoms with Gasteiger partial charge in [0.15, 0.2) is 11.6 Å². The van der Waals surface area contributed by atoms with Crippen LogP contribution in [0.3, 0.4) is 0 Å². The van der Waals surface area contributed by atoms with Gasteiger partial charge in [-0.3, -0.25) is 0 Å². The van der Waals surface area contributed by atoms with Crippen molar-refractivity contribution < 1.29 is 18.0 Å². The molecule has 1 unspecified atom stereocenters. The van der Waals surface area contributed by atoms with Crippen LogP contribution in [0, 0.1) is 11.6 Å². The molecule has 1 fully saturated rings. The third kappa shape index (κ3) is 2.49. The van der Waals surface area contributed by atoms with E-state index in [2.05, 4.69) is 10.1 Å². The summed E-state index contributed by atoms with van der Waals surface area (Å²) in [7, 11) is 0. The molecule has 1 aliphatic heterocycles. The lowest BCUT2D eigenvalue weighted by atomic mass is 9.95. The van der Waals surface area contributed by atoms with Gasteiger partial charge in [-0.05, 0) is 32.3 Å². The zero-order valence-electron chi connectivity index (χ0n) is 11.5. The van der Waals surface area contributed by atoms with Crippen molar-refractivity contribution in [2.75, 3.05) is 12.3 Å². The zero-order valence-corrected chi connectivity index (χ0v) is 11.5. The zero-order chi connectivity index (χ0) is 15.0. The number of rotatable bonds is 2. The van der Waals surface area contributed by atoms with Crippen LogP contribution in [0.2, 0.25) is 0 Å². The van der Waals surface area contributed by atoms with Gasteiger partial charge in [-0.15, -0.1) is 0 Å². The second-order valence-electron chi connectivity index (χ2n) is 5.31. The molecule has 7 heteroatoms. The lowest BCUT2D eigenvalue weighted by molar-refractivity contribution is -0.0770. The van der Waals surface area contributed by atoms with Gasteiger partial charge in [0.2, 0.25) is 5.82 Å². The van der Waals surface area contributed by atoms with Crippen LogP contribution < -0.4 is 5.73 Å². The molecule has 1 aromatic carbocycles. The van der Waals surface area contributed by atoms with Crippen LogP contribution in [0.5, 0.6) is 0 Å². The van der Waals surface area contributed by atoms with Crippen LogP contribution in [0.15, 0.2) is 16.7 Å². The number of nitrogens with two attached hydrogens (primary N) is 1. The summed E-state index contributed by atoms with van der Waals surface area (Å²) >= 11 is 0. The van der Waals surface area contributed by atoms with Gasteiger partial charge in [0, 0.05) is 18.4 Å². The highest BCUT2D eigenvalue weighted by molar-refractivity contribution is 5.70. The minimum Gasteiger partial charge on any atom is -0.398 e. The van der Waals surface area contributed by atoms with Crippen molar-refractivity contribution in [2.24, 2.45) is 0 Å². The van der Waals surface area contributed by atoms with Crippen molar-refractivity contribution in [2.45, 2.75) is 31.8 Å². The first-order valence-corrected chi connectivity index (χ1v) is 6.73. The van der Waals surface area contributed by atoms with Crippen LogP contribution in [0.4, 0.5) is 14.5 Å². The monoisotopic (exact) mass is 295 g/mol. The summed E-state index contributed by atoms with van der Waals surface area (Å²) in [6, 6.07) is 1.85. The maximum atomic E-state index is 13.3. The molecule has 5 nitrogen and oxygen atoms in total. The summed E-state index contributed by atoms with van der Waals surface area (Å²) in [6.45, 7) is 2.52.